The largest absolute Gasteiger partial charge is 0.493 e. The molecule has 3 aromatic carbocycles. The van der Waals surface area contributed by atoms with Crippen molar-refractivity contribution in [2.24, 2.45) is 5.92 Å². The van der Waals surface area contributed by atoms with E-state index in [9.17, 15) is 4.79 Å². The predicted octanol–water partition coefficient (Wildman–Crippen LogP) is 6.17. The Kier molecular flexibility index (Phi) is 6.95. The van der Waals surface area contributed by atoms with Gasteiger partial charge in [0.05, 0.1) is 12.3 Å². The molecule has 0 unspecified atom stereocenters. The second kappa shape index (κ2) is 10.4. The van der Waals surface area contributed by atoms with Gasteiger partial charge in [-0.1, -0.05) is 44.2 Å². The number of carbonyl (C=O) groups is 1. The number of nitrogens with one attached hydrogen (secondary N) is 2. The second-order valence-electron chi connectivity index (χ2n) is 8.04. The number of anilines is 3. The molecule has 0 aliphatic heterocycles. The zero-order valence-corrected chi connectivity index (χ0v) is 18.7. The molecule has 33 heavy (non-hydrogen) atoms. The molecule has 1 heterocycles. The topological polar surface area (TPSA) is 76.1 Å². The van der Waals surface area contributed by atoms with Gasteiger partial charge in [0.15, 0.2) is 0 Å². The van der Waals surface area contributed by atoms with Crippen LogP contribution in [-0.4, -0.2) is 22.5 Å². The molecule has 0 aliphatic carbocycles. The zero-order chi connectivity index (χ0) is 23.0. The summed E-state index contributed by atoms with van der Waals surface area (Å²) >= 11 is 0. The van der Waals surface area contributed by atoms with Crippen molar-refractivity contribution in [1.29, 1.82) is 0 Å². The van der Waals surface area contributed by atoms with E-state index in [4.69, 9.17) is 4.74 Å². The van der Waals surface area contributed by atoms with E-state index in [-0.39, 0.29) is 5.91 Å². The standard InChI is InChI=1S/C27H26N4O2/c1-19(2)17-33-24-14-8-21(9-15-24)27(32)31-23-12-10-22(11-13-23)30-26-16-25(28-18-29-26)20-6-4-3-5-7-20/h3-16,18-19H,17H2,1-2H3,(H,31,32)(H,28,29,30). The number of amides is 1. The lowest BCUT2D eigenvalue weighted by Crippen LogP contribution is -2.12. The summed E-state index contributed by atoms with van der Waals surface area (Å²) in [6.07, 6.45) is 1.54. The summed E-state index contributed by atoms with van der Waals surface area (Å²) in [5, 5.41) is 6.19. The summed E-state index contributed by atoms with van der Waals surface area (Å²) < 4.78 is 5.67. The van der Waals surface area contributed by atoms with Crippen LogP contribution in [0.1, 0.15) is 24.2 Å². The number of aromatic nitrogens is 2. The molecule has 6 heteroatoms. The summed E-state index contributed by atoms with van der Waals surface area (Å²) in [5.74, 6) is 1.73. The number of ether oxygens (including phenoxy) is 1. The zero-order valence-electron chi connectivity index (χ0n) is 18.7. The molecule has 0 radical (unpaired) electrons. The quantitative estimate of drug-likeness (QED) is 0.344. The van der Waals surface area contributed by atoms with Crippen LogP contribution in [0.3, 0.4) is 0 Å². The van der Waals surface area contributed by atoms with Gasteiger partial charge in [-0.15, -0.1) is 0 Å². The van der Waals surface area contributed by atoms with Crippen LogP contribution in [0.15, 0.2) is 91.3 Å². The van der Waals surface area contributed by atoms with Crippen molar-refractivity contribution in [1.82, 2.24) is 9.97 Å². The molecule has 0 aliphatic rings. The molecule has 0 atom stereocenters. The molecule has 0 fully saturated rings. The molecular formula is C27H26N4O2. The Balaban J connectivity index is 1.36. The SMILES string of the molecule is CC(C)COc1ccc(C(=O)Nc2ccc(Nc3cc(-c4ccccc4)ncn3)cc2)cc1. The number of hydrogen-bond donors (Lipinski definition) is 2. The van der Waals surface area contributed by atoms with E-state index in [2.05, 4.69) is 34.4 Å². The van der Waals surface area contributed by atoms with Crippen molar-refractivity contribution >= 4 is 23.1 Å². The van der Waals surface area contributed by atoms with Crippen molar-refractivity contribution < 1.29 is 9.53 Å². The molecule has 4 aromatic rings. The van der Waals surface area contributed by atoms with E-state index in [1.807, 2.05) is 72.8 Å². The van der Waals surface area contributed by atoms with Gasteiger partial charge in [0.1, 0.15) is 17.9 Å². The summed E-state index contributed by atoms with van der Waals surface area (Å²) in [6.45, 7) is 4.84. The van der Waals surface area contributed by atoms with Crippen molar-refractivity contribution in [3.63, 3.8) is 0 Å². The third-order valence-corrected chi connectivity index (χ3v) is 4.85. The van der Waals surface area contributed by atoms with Gasteiger partial charge in [0.2, 0.25) is 0 Å². The number of hydrogen-bond acceptors (Lipinski definition) is 5. The molecular weight excluding hydrogens is 412 g/mol. The predicted molar refractivity (Wildman–Crippen MR) is 132 cm³/mol. The molecule has 1 aromatic heterocycles. The normalized spacial score (nSPS) is 10.6. The molecule has 6 nitrogen and oxygen atoms in total. The minimum atomic E-state index is -0.172. The highest BCUT2D eigenvalue weighted by atomic mass is 16.5. The highest BCUT2D eigenvalue weighted by molar-refractivity contribution is 6.04. The highest BCUT2D eigenvalue weighted by Crippen LogP contribution is 2.22. The molecule has 166 valence electrons. The first kappa shape index (κ1) is 22.0. The van der Waals surface area contributed by atoms with Crippen LogP contribution in [0, 0.1) is 5.92 Å². The fourth-order valence-corrected chi connectivity index (χ4v) is 3.15. The summed E-state index contributed by atoms with van der Waals surface area (Å²) in [4.78, 5) is 21.2. The monoisotopic (exact) mass is 438 g/mol. The van der Waals surface area contributed by atoms with Gasteiger partial charge in [-0.3, -0.25) is 4.79 Å². The van der Waals surface area contributed by atoms with Gasteiger partial charge in [-0.2, -0.15) is 0 Å². The molecule has 0 saturated heterocycles. The number of nitrogens with zero attached hydrogens (tertiary/aromatic N) is 2. The molecule has 0 bridgehead atoms. The van der Waals surface area contributed by atoms with E-state index >= 15 is 0 Å². The van der Waals surface area contributed by atoms with Crippen molar-refractivity contribution in [3.8, 4) is 17.0 Å². The minimum Gasteiger partial charge on any atom is -0.493 e. The van der Waals surface area contributed by atoms with Gasteiger partial charge >= 0.3 is 0 Å². The Morgan fingerprint density at radius 1 is 0.879 bits per heavy atom. The fraction of sp³-hybridized carbons (Fsp3) is 0.148. The van der Waals surface area contributed by atoms with Gasteiger partial charge < -0.3 is 15.4 Å². The summed E-state index contributed by atoms with van der Waals surface area (Å²) in [7, 11) is 0. The van der Waals surface area contributed by atoms with Crippen LogP contribution in [-0.2, 0) is 0 Å². The lowest BCUT2D eigenvalue weighted by Gasteiger charge is -2.10. The lowest BCUT2D eigenvalue weighted by molar-refractivity contribution is 0.102. The second-order valence-corrected chi connectivity index (χ2v) is 8.04. The van der Waals surface area contributed by atoms with Crippen LogP contribution in [0.5, 0.6) is 5.75 Å². The number of rotatable bonds is 8. The molecule has 1 amide bonds. The van der Waals surface area contributed by atoms with E-state index in [0.717, 1.165) is 22.7 Å². The average Bonchev–Trinajstić information content (AvgIpc) is 2.85. The van der Waals surface area contributed by atoms with Gasteiger partial charge in [-0.25, -0.2) is 9.97 Å². The lowest BCUT2D eigenvalue weighted by atomic mass is 10.1. The van der Waals surface area contributed by atoms with Crippen molar-refractivity contribution in [3.05, 3.63) is 96.8 Å². The van der Waals surface area contributed by atoms with E-state index < -0.39 is 0 Å². The fourth-order valence-electron chi connectivity index (χ4n) is 3.15. The first-order valence-electron chi connectivity index (χ1n) is 10.9. The Morgan fingerprint density at radius 3 is 2.27 bits per heavy atom. The van der Waals surface area contributed by atoms with Crippen LogP contribution in [0.4, 0.5) is 17.2 Å². The third kappa shape index (κ3) is 6.17. The maximum atomic E-state index is 12.6. The van der Waals surface area contributed by atoms with Crippen LogP contribution in [0.2, 0.25) is 0 Å². The number of carbonyl (C=O) groups excluding carboxylic acids is 1. The highest BCUT2D eigenvalue weighted by Gasteiger charge is 2.07. The first-order valence-corrected chi connectivity index (χ1v) is 10.9. The molecule has 4 rings (SSSR count). The summed E-state index contributed by atoms with van der Waals surface area (Å²) in [6, 6.07) is 26.5. The number of benzene rings is 3. The smallest absolute Gasteiger partial charge is 0.255 e. The average molecular weight is 439 g/mol. The van der Waals surface area contributed by atoms with Gasteiger partial charge in [0, 0.05) is 28.6 Å². The van der Waals surface area contributed by atoms with Crippen LogP contribution < -0.4 is 15.4 Å². The van der Waals surface area contributed by atoms with E-state index in [1.165, 1.54) is 0 Å². The van der Waals surface area contributed by atoms with Gasteiger partial charge in [0.25, 0.3) is 5.91 Å². The maximum Gasteiger partial charge on any atom is 0.255 e. The Morgan fingerprint density at radius 2 is 1.58 bits per heavy atom. The summed E-state index contributed by atoms with van der Waals surface area (Å²) in [5.41, 5.74) is 4.01. The van der Waals surface area contributed by atoms with E-state index in [1.54, 1.807) is 18.5 Å². The van der Waals surface area contributed by atoms with Crippen LogP contribution >= 0.6 is 0 Å². The first-order chi connectivity index (χ1) is 16.1. The molecule has 2 N–H and O–H groups in total. The third-order valence-electron chi connectivity index (χ3n) is 4.85. The van der Waals surface area contributed by atoms with Crippen molar-refractivity contribution in [2.45, 2.75) is 13.8 Å². The van der Waals surface area contributed by atoms with Crippen molar-refractivity contribution in [2.75, 3.05) is 17.2 Å². The Bertz CT molecular complexity index is 1190. The van der Waals surface area contributed by atoms with E-state index in [0.29, 0.717) is 29.6 Å². The Hall–Kier alpha value is -4.19. The van der Waals surface area contributed by atoms with Gasteiger partial charge in [-0.05, 0) is 54.4 Å². The Labute approximate surface area is 193 Å². The van der Waals surface area contributed by atoms with Crippen LogP contribution in [0.25, 0.3) is 11.3 Å². The molecule has 0 saturated carbocycles. The molecule has 0 spiro atoms. The minimum absolute atomic E-state index is 0.172. The maximum absolute atomic E-state index is 12.6.